The second kappa shape index (κ2) is 8.67. The highest BCUT2D eigenvalue weighted by molar-refractivity contribution is 6.44. The van der Waals surface area contributed by atoms with Crippen LogP contribution in [0.1, 0.15) is 0 Å². The van der Waals surface area contributed by atoms with E-state index in [0.29, 0.717) is 0 Å². The zero-order valence-corrected chi connectivity index (χ0v) is 11.8. The van der Waals surface area contributed by atoms with E-state index in [2.05, 4.69) is 14.5 Å². The summed E-state index contributed by atoms with van der Waals surface area (Å²) >= 11 is 0. The van der Waals surface area contributed by atoms with Crippen LogP contribution in [-0.2, 0) is 19.1 Å². The molecule has 130 valence electrons. The van der Waals surface area contributed by atoms with Gasteiger partial charge < -0.3 is 20.9 Å². The Hall–Kier alpha value is -2.70. The molecule has 23 heavy (non-hydrogen) atoms. The average Bonchev–Trinajstić information content (AvgIpc) is 2.42. The van der Waals surface area contributed by atoms with Crippen molar-refractivity contribution in [1.29, 1.82) is 0 Å². The number of alkyl halides is 3. The van der Waals surface area contributed by atoms with Crippen LogP contribution in [0.2, 0.25) is 0 Å². The molecule has 0 unspecified atom stereocenters. The van der Waals surface area contributed by atoms with Gasteiger partial charge in [-0.1, -0.05) is 0 Å². The number of nitrogens with zero attached hydrogens (tertiary/aromatic N) is 2. The Bertz CT molecular complexity index is 543. The number of aliphatic imine (C=N–C) groups is 1. The summed E-state index contributed by atoms with van der Waals surface area (Å²) in [5.74, 6) is -2.71. The predicted molar refractivity (Wildman–Crippen MR) is 68.6 cm³/mol. The molecule has 0 aromatic rings. The fraction of sp³-hybridized carbons (Fsp3) is 0.500. The number of hydrogen-bond acceptors (Lipinski definition) is 8. The summed E-state index contributed by atoms with van der Waals surface area (Å²) in [6.45, 7) is -2.71. The minimum atomic E-state index is -4.56. The van der Waals surface area contributed by atoms with Crippen molar-refractivity contribution < 1.29 is 37.2 Å². The van der Waals surface area contributed by atoms with Gasteiger partial charge >= 0.3 is 17.8 Å². The summed E-state index contributed by atoms with van der Waals surface area (Å²) < 4.78 is 43.9. The molecule has 13 heteroatoms. The lowest BCUT2D eigenvalue weighted by atomic mass is 10.2. The molecule has 10 nitrogen and oxygen atoms in total. The lowest BCUT2D eigenvalue weighted by molar-refractivity contribution is -0.416. The van der Waals surface area contributed by atoms with Crippen LogP contribution in [0.25, 0.3) is 0 Å². The number of rotatable bonds is 8. The van der Waals surface area contributed by atoms with Crippen LogP contribution in [0.15, 0.2) is 16.4 Å². The van der Waals surface area contributed by atoms with Crippen molar-refractivity contribution >= 4 is 17.6 Å². The van der Waals surface area contributed by atoms with E-state index in [-0.39, 0.29) is 0 Å². The first kappa shape index (κ1) is 20.3. The fourth-order valence-corrected chi connectivity index (χ4v) is 1.20. The van der Waals surface area contributed by atoms with Crippen LogP contribution in [0.4, 0.5) is 13.2 Å². The minimum Gasteiger partial charge on any atom is -0.464 e. The number of primary amides is 1. The third-order valence-corrected chi connectivity index (χ3v) is 2.07. The van der Waals surface area contributed by atoms with Gasteiger partial charge in [0.2, 0.25) is 5.71 Å². The van der Waals surface area contributed by atoms with Gasteiger partial charge in [0.1, 0.15) is 6.61 Å². The highest BCUT2D eigenvalue weighted by Gasteiger charge is 2.32. The topological polar surface area (TPSA) is 160 Å². The SMILES string of the molecule is COC(=O)C(N)=C(C(=NCCOCC(F)(F)F)C(N)=O)[N+](=O)[O-]. The maximum Gasteiger partial charge on any atom is 0.411 e. The summed E-state index contributed by atoms with van der Waals surface area (Å²) in [6.07, 6.45) is -4.56. The van der Waals surface area contributed by atoms with Crippen LogP contribution in [0.5, 0.6) is 0 Å². The Morgan fingerprint density at radius 3 is 2.26 bits per heavy atom. The van der Waals surface area contributed by atoms with E-state index in [4.69, 9.17) is 11.5 Å². The largest absolute Gasteiger partial charge is 0.464 e. The highest BCUT2D eigenvalue weighted by Crippen LogP contribution is 2.14. The van der Waals surface area contributed by atoms with Gasteiger partial charge in [-0.15, -0.1) is 0 Å². The molecule has 0 atom stereocenters. The third-order valence-electron chi connectivity index (χ3n) is 2.07. The van der Waals surface area contributed by atoms with Crippen molar-refractivity contribution in [2.45, 2.75) is 6.18 Å². The van der Waals surface area contributed by atoms with Gasteiger partial charge in [-0.3, -0.25) is 19.9 Å². The molecule has 0 saturated carbocycles. The number of halogens is 3. The number of hydrogen-bond donors (Lipinski definition) is 2. The molecule has 1 amide bonds. The number of esters is 1. The van der Waals surface area contributed by atoms with Gasteiger partial charge in [0, 0.05) is 0 Å². The maximum absolute atomic E-state index is 11.8. The van der Waals surface area contributed by atoms with Crippen molar-refractivity contribution in [2.75, 3.05) is 26.9 Å². The molecule has 0 aliphatic carbocycles. The molecule has 0 heterocycles. The number of methoxy groups -OCH3 is 1. The van der Waals surface area contributed by atoms with Crippen LogP contribution < -0.4 is 11.5 Å². The molecular weight excluding hydrogens is 329 g/mol. The Morgan fingerprint density at radius 2 is 1.87 bits per heavy atom. The number of nitro groups is 1. The molecule has 0 rings (SSSR count). The molecule has 0 aliphatic heterocycles. The summed E-state index contributed by atoms with van der Waals surface area (Å²) in [7, 11) is 0.888. The van der Waals surface area contributed by atoms with E-state index < -0.39 is 59.8 Å². The molecule has 0 fully saturated rings. The van der Waals surface area contributed by atoms with E-state index in [9.17, 15) is 32.9 Å². The van der Waals surface area contributed by atoms with Gasteiger partial charge in [-0.2, -0.15) is 13.2 Å². The van der Waals surface area contributed by atoms with Gasteiger partial charge in [0.05, 0.1) is 25.2 Å². The Morgan fingerprint density at radius 1 is 1.30 bits per heavy atom. The Balaban J connectivity index is 5.28. The van der Waals surface area contributed by atoms with E-state index in [0.717, 1.165) is 7.11 Å². The average molecular weight is 342 g/mol. The molecule has 0 aliphatic rings. The summed E-state index contributed by atoms with van der Waals surface area (Å²) in [6, 6.07) is 0. The monoisotopic (exact) mass is 342 g/mol. The van der Waals surface area contributed by atoms with Crippen molar-refractivity contribution in [3.8, 4) is 0 Å². The summed E-state index contributed by atoms with van der Waals surface area (Å²) in [5, 5.41) is 10.9. The number of nitrogens with two attached hydrogens (primary N) is 2. The zero-order valence-electron chi connectivity index (χ0n) is 11.8. The molecule has 0 aromatic carbocycles. The second-order valence-corrected chi connectivity index (χ2v) is 3.77. The molecule has 0 radical (unpaired) electrons. The summed E-state index contributed by atoms with van der Waals surface area (Å²) in [4.78, 5) is 35.5. The van der Waals surface area contributed by atoms with Crippen molar-refractivity contribution in [2.24, 2.45) is 16.5 Å². The van der Waals surface area contributed by atoms with Crippen molar-refractivity contribution in [3.05, 3.63) is 21.5 Å². The molecule has 0 spiro atoms. The number of amides is 1. The Labute approximate surface area is 127 Å². The van der Waals surface area contributed by atoms with Crippen LogP contribution in [0, 0.1) is 10.1 Å². The minimum absolute atomic E-state index is 0.555. The quantitative estimate of drug-likeness (QED) is 0.144. The zero-order chi connectivity index (χ0) is 18.2. The van der Waals surface area contributed by atoms with Crippen molar-refractivity contribution in [1.82, 2.24) is 0 Å². The van der Waals surface area contributed by atoms with Crippen LogP contribution >= 0.6 is 0 Å². The second-order valence-electron chi connectivity index (χ2n) is 3.77. The van der Waals surface area contributed by atoms with Crippen molar-refractivity contribution in [3.63, 3.8) is 0 Å². The lowest BCUT2D eigenvalue weighted by Crippen LogP contribution is -2.33. The first-order valence-electron chi connectivity index (χ1n) is 5.72. The molecule has 4 N–H and O–H groups in total. The van der Waals surface area contributed by atoms with Gasteiger partial charge in [0.25, 0.3) is 5.91 Å². The number of carbonyl (C=O) groups excluding carboxylic acids is 2. The van der Waals surface area contributed by atoms with Gasteiger partial charge in [-0.05, 0) is 0 Å². The molecule has 0 saturated heterocycles. The fourth-order valence-electron chi connectivity index (χ4n) is 1.20. The van der Waals surface area contributed by atoms with E-state index in [1.165, 1.54) is 0 Å². The lowest BCUT2D eigenvalue weighted by Gasteiger charge is -2.07. The first-order chi connectivity index (χ1) is 10.5. The standard InChI is InChI=1S/C10H13F3N4O6/c1-22-9(19)5(14)7(17(20)21)6(8(15)18)16-2-3-23-4-10(11,12)13/h2-4,14H2,1H3,(H2,15,18). The summed E-state index contributed by atoms with van der Waals surface area (Å²) in [5.41, 5.74) is 6.86. The molecular formula is C10H13F3N4O6. The maximum atomic E-state index is 11.8. The number of carbonyl (C=O) groups is 2. The van der Waals surface area contributed by atoms with Gasteiger partial charge in [0.15, 0.2) is 5.70 Å². The molecule has 0 aromatic heterocycles. The third kappa shape index (κ3) is 7.21. The Kier molecular flexibility index (Phi) is 7.65. The van der Waals surface area contributed by atoms with Crippen LogP contribution in [0.3, 0.4) is 0 Å². The van der Waals surface area contributed by atoms with E-state index in [1.54, 1.807) is 0 Å². The predicted octanol–water partition coefficient (Wildman–Crippen LogP) is -0.888. The van der Waals surface area contributed by atoms with E-state index >= 15 is 0 Å². The van der Waals surface area contributed by atoms with Gasteiger partial charge in [-0.25, -0.2) is 4.79 Å². The first-order valence-corrected chi connectivity index (χ1v) is 5.72. The smallest absolute Gasteiger partial charge is 0.411 e. The normalized spacial score (nSPS) is 13.3. The van der Waals surface area contributed by atoms with E-state index in [1.807, 2.05) is 0 Å². The highest BCUT2D eigenvalue weighted by atomic mass is 19.4. The van der Waals surface area contributed by atoms with Crippen LogP contribution in [-0.4, -0.2) is 55.6 Å². The number of ether oxygens (including phenoxy) is 2. The molecule has 0 bridgehead atoms.